The van der Waals surface area contributed by atoms with Crippen molar-refractivity contribution in [1.82, 2.24) is 0 Å². The highest BCUT2D eigenvalue weighted by Gasteiger charge is 2.17. The fourth-order valence-corrected chi connectivity index (χ4v) is 1.53. The van der Waals surface area contributed by atoms with Gasteiger partial charge in [0.15, 0.2) is 6.10 Å². The Hall–Kier alpha value is -1.10. The van der Waals surface area contributed by atoms with E-state index >= 15 is 0 Å². The van der Waals surface area contributed by atoms with Crippen LogP contribution in [0.5, 0.6) is 0 Å². The Kier molecular flexibility index (Phi) is 10.3. The van der Waals surface area contributed by atoms with Crippen LogP contribution >= 0.6 is 0 Å². The molecular formula is C13H24O5. The monoisotopic (exact) mass is 260 g/mol. The number of hydrogen-bond donors (Lipinski definition) is 2. The zero-order valence-corrected chi connectivity index (χ0v) is 11.1. The van der Waals surface area contributed by atoms with Crippen molar-refractivity contribution in [2.24, 2.45) is 0 Å². The zero-order valence-electron chi connectivity index (χ0n) is 11.1. The average Bonchev–Trinajstić information content (AvgIpc) is 2.34. The normalized spacial score (nSPS) is 12.1. The molecule has 106 valence electrons. The van der Waals surface area contributed by atoms with E-state index in [4.69, 9.17) is 9.84 Å². The second kappa shape index (κ2) is 11.0. The second-order valence-corrected chi connectivity index (χ2v) is 4.38. The Morgan fingerprint density at radius 1 is 1.11 bits per heavy atom. The van der Waals surface area contributed by atoms with Gasteiger partial charge in [-0.15, -0.1) is 0 Å². The van der Waals surface area contributed by atoms with Gasteiger partial charge in [0.25, 0.3) is 0 Å². The van der Waals surface area contributed by atoms with Crippen molar-refractivity contribution in [2.75, 3.05) is 6.61 Å². The number of aliphatic carboxylic acids is 1. The number of carbonyl (C=O) groups excluding carboxylic acids is 1. The van der Waals surface area contributed by atoms with Crippen molar-refractivity contribution in [3.8, 4) is 0 Å². The summed E-state index contributed by atoms with van der Waals surface area (Å²) in [6.07, 6.45) is 4.93. The number of esters is 1. The van der Waals surface area contributed by atoms with Crippen LogP contribution in [-0.4, -0.2) is 34.9 Å². The molecule has 5 nitrogen and oxygen atoms in total. The molecule has 0 saturated carbocycles. The third-order valence-electron chi connectivity index (χ3n) is 2.65. The Balaban J connectivity index is 3.43. The van der Waals surface area contributed by atoms with E-state index in [0.29, 0.717) is 6.61 Å². The largest absolute Gasteiger partial charge is 0.481 e. The maximum absolute atomic E-state index is 11.2. The lowest BCUT2D eigenvalue weighted by molar-refractivity contribution is -0.154. The Bertz CT molecular complexity index is 240. The summed E-state index contributed by atoms with van der Waals surface area (Å²) >= 11 is 0. The van der Waals surface area contributed by atoms with E-state index in [1.165, 1.54) is 19.3 Å². The molecule has 0 aliphatic carbocycles. The van der Waals surface area contributed by atoms with Gasteiger partial charge in [-0.25, -0.2) is 4.79 Å². The number of carboxylic acids is 1. The minimum absolute atomic E-state index is 0.0926. The van der Waals surface area contributed by atoms with Crippen molar-refractivity contribution in [1.29, 1.82) is 0 Å². The average molecular weight is 260 g/mol. The molecule has 0 heterocycles. The maximum Gasteiger partial charge on any atom is 0.334 e. The van der Waals surface area contributed by atoms with Crippen LogP contribution in [0, 0.1) is 0 Å². The third kappa shape index (κ3) is 10.1. The number of rotatable bonds is 11. The molecule has 5 heteroatoms. The van der Waals surface area contributed by atoms with Gasteiger partial charge >= 0.3 is 11.9 Å². The summed E-state index contributed by atoms with van der Waals surface area (Å²) in [6, 6.07) is 0. The zero-order chi connectivity index (χ0) is 13.8. The lowest BCUT2D eigenvalue weighted by Gasteiger charge is -2.09. The summed E-state index contributed by atoms with van der Waals surface area (Å²) in [5.74, 6) is -1.75. The fraction of sp³-hybridized carbons (Fsp3) is 0.846. The second-order valence-electron chi connectivity index (χ2n) is 4.38. The molecule has 0 bridgehead atoms. The lowest BCUT2D eigenvalue weighted by atomic mass is 10.1. The standard InChI is InChI=1S/C13H24O5/c1-2-3-4-5-6-7-10-18-13(17)11(14)8-9-12(15)16/h11,14H,2-10H2,1H3,(H,15,16)/t11-/m1/s1. The van der Waals surface area contributed by atoms with E-state index in [1.807, 2.05) is 0 Å². The Labute approximate surface area is 108 Å². The van der Waals surface area contributed by atoms with Crippen molar-refractivity contribution in [3.05, 3.63) is 0 Å². The molecule has 0 spiro atoms. The number of carbonyl (C=O) groups is 2. The molecule has 0 aliphatic heterocycles. The third-order valence-corrected chi connectivity index (χ3v) is 2.65. The number of aliphatic hydroxyl groups is 1. The van der Waals surface area contributed by atoms with Crippen molar-refractivity contribution in [2.45, 2.75) is 64.4 Å². The predicted octanol–water partition coefficient (Wildman–Crippen LogP) is 2.12. The molecule has 2 N–H and O–H groups in total. The van der Waals surface area contributed by atoms with Crippen LogP contribution < -0.4 is 0 Å². The van der Waals surface area contributed by atoms with Crippen LogP contribution in [0.25, 0.3) is 0 Å². The summed E-state index contributed by atoms with van der Waals surface area (Å²) in [4.78, 5) is 21.5. The van der Waals surface area contributed by atoms with Gasteiger partial charge in [-0.2, -0.15) is 0 Å². The van der Waals surface area contributed by atoms with E-state index in [1.54, 1.807) is 0 Å². The van der Waals surface area contributed by atoms with Gasteiger partial charge in [0.1, 0.15) is 0 Å². The lowest BCUT2D eigenvalue weighted by Crippen LogP contribution is -2.24. The van der Waals surface area contributed by atoms with Gasteiger partial charge in [0.2, 0.25) is 0 Å². The van der Waals surface area contributed by atoms with E-state index in [2.05, 4.69) is 6.92 Å². The topological polar surface area (TPSA) is 83.8 Å². The maximum atomic E-state index is 11.2. The molecule has 0 saturated heterocycles. The number of aliphatic hydroxyl groups excluding tert-OH is 1. The van der Waals surface area contributed by atoms with Gasteiger partial charge in [0.05, 0.1) is 6.61 Å². The first-order valence-corrected chi connectivity index (χ1v) is 6.64. The molecule has 0 aliphatic rings. The highest BCUT2D eigenvalue weighted by Crippen LogP contribution is 2.06. The van der Waals surface area contributed by atoms with Gasteiger partial charge < -0.3 is 14.9 Å². The number of carboxylic acid groups (broad SMARTS) is 1. The molecule has 0 radical (unpaired) electrons. The molecule has 1 atom stereocenters. The molecule has 0 unspecified atom stereocenters. The quantitative estimate of drug-likeness (QED) is 0.439. The first kappa shape index (κ1) is 16.9. The van der Waals surface area contributed by atoms with Crippen LogP contribution in [-0.2, 0) is 14.3 Å². The molecule has 0 amide bonds. The first-order chi connectivity index (χ1) is 8.57. The predicted molar refractivity (Wildman–Crippen MR) is 67.2 cm³/mol. The summed E-state index contributed by atoms with van der Waals surface area (Å²) in [5, 5.41) is 17.7. The van der Waals surface area contributed by atoms with E-state index in [9.17, 15) is 14.7 Å². The summed E-state index contributed by atoms with van der Waals surface area (Å²) < 4.78 is 4.86. The molecule has 0 fully saturated rings. The van der Waals surface area contributed by atoms with Crippen LogP contribution in [0.3, 0.4) is 0 Å². The summed E-state index contributed by atoms with van der Waals surface area (Å²) in [5.41, 5.74) is 0. The van der Waals surface area contributed by atoms with Crippen LogP contribution in [0.2, 0.25) is 0 Å². The van der Waals surface area contributed by atoms with E-state index < -0.39 is 18.0 Å². The minimum atomic E-state index is -1.32. The minimum Gasteiger partial charge on any atom is -0.481 e. The first-order valence-electron chi connectivity index (χ1n) is 6.64. The van der Waals surface area contributed by atoms with Gasteiger partial charge in [-0.05, 0) is 12.8 Å². The van der Waals surface area contributed by atoms with Crippen LogP contribution in [0.15, 0.2) is 0 Å². The Morgan fingerprint density at radius 3 is 2.33 bits per heavy atom. The van der Waals surface area contributed by atoms with Crippen LogP contribution in [0.4, 0.5) is 0 Å². The number of ether oxygens (including phenoxy) is 1. The van der Waals surface area contributed by atoms with Crippen molar-refractivity contribution < 1.29 is 24.5 Å². The molecule has 0 rings (SSSR count). The summed E-state index contributed by atoms with van der Waals surface area (Å²) in [7, 11) is 0. The number of hydrogen-bond acceptors (Lipinski definition) is 4. The summed E-state index contributed by atoms with van der Waals surface area (Å²) in [6.45, 7) is 2.45. The smallest absolute Gasteiger partial charge is 0.334 e. The van der Waals surface area contributed by atoms with Crippen molar-refractivity contribution >= 4 is 11.9 Å². The SMILES string of the molecule is CCCCCCCCOC(=O)[C@H](O)CCC(=O)O. The van der Waals surface area contributed by atoms with E-state index in [0.717, 1.165) is 19.3 Å². The molecule has 0 aromatic heterocycles. The van der Waals surface area contributed by atoms with E-state index in [-0.39, 0.29) is 12.8 Å². The Morgan fingerprint density at radius 2 is 1.72 bits per heavy atom. The molecule has 18 heavy (non-hydrogen) atoms. The molecule has 0 aromatic carbocycles. The molecule has 0 aromatic rings. The van der Waals surface area contributed by atoms with Gasteiger partial charge in [-0.3, -0.25) is 4.79 Å². The highest BCUT2D eigenvalue weighted by atomic mass is 16.5. The van der Waals surface area contributed by atoms with Crippen LogP contribution in [0.1, 0.15) is 58.3 Å². The van der Waals surface area contributed by atoms with Gasteiger partial charge in [-0.1, -0.05) is 39.0 Å². The number of unbranched alkanes of at least 4 members (excludes halogenated alkanes) is 5. The fourth-order valence-electron chi connectivity index (χ4n) is 1.53. The molecular weight excluding hydrogens is 236 g/mol. The van der Waals surface area contributed by atoms with Crippen molar-refractivity contribution in [3.63, 3.8) is 0 Å². The van der Waals surface area contributed by atoms with Gasteiger partial charge in [0, 0.05) is 6.42 Å². The highest BCUT2D eigenvalue weighted by molar-refractivity contribution is 5.75.